The Bertz CT molecular complexity index is 199. The van der Waals surface area contributed by atoms with Crippen molar-refractivity contribution in [1.82, 2.24) is 5.32 Å². The maximum atomic E-state index is 10.7. The van der Waals surface area contributed by atoms with Crippen LogP contribution in [0.15, 0.2) is 0 Å². The number of hydrogen-bond acceptors (Lipinski definition) is 4. The van der Waals surface area contributed by atoms with E-state index in [-0.39, 0.29) is 10.7 Å². The maximum absolute atomic E-state index is 10.7. The first kappa shape index (κ1) is 7.37. The van der Waals surface area contributed by atoms with Crippen molar-refractivity contribution in [3.63, 3.8) is 0 Å². The second-order valence-corrected chi connectivity index (χ2v) is 5.22. The van der Waals surface area contributed by atoms with Crippen LogP contribution in [-0.4, -0.2) is 31.7 Å². The van der Waals surface area contributed by atoms with Gasteiger partial charge < -0.3 is 0 Å². The fourth-order valence-corrected chi connectivity index (χ4v) is 3.04. The molecular weight excluding hydrogens is 158 g/mol. The average Bonchev–Trinajstić information content (AvgIpc) is 2.39. The van der Waals surface area contributed by atoms with Gasteiger partial charge in [-0.3, -0.25) is 5.32 Å². The van der Waals surface area contributed by atoms with Crippen molar-refractivity contribution in [1.29, 1.82) is 0 Å². The van der Waals surface area contributed by atoms with Crippen molar-refractivity contribution in [2.75, 3.05) is 12.5 Å². The zero-order valence-corrected chi connectivity index (χ0v) is 6.92. The summed E-state index contributed by atoms with van der Waals surface area (Å²) in [7, 11) is -2.82. The summed E-state index contributed by atoms with van der Waals surface area (Å²) in [6.07, 6.45) is 3.14. The van der Waals surface area contributed by atoms with Gasteiger partial charge in [-0.1, -0.05) is 0 Å². The van der Waals surface area contributed by atoms with Crippen molar-refractivity contribution in [2.24, 2.45) is 0 Å². The van der Waals surface area contributed by atoms with Gasteiger partial charge in [0.2, 0.25) is 0 Å². The zero-order chi connectivity index (χ0) is 7.07. The molecule has 1 aliphatic heterocycles. The highest BCUT2D eigenvalue weighted by Crippen LogP contribution is 2.25. The Kier molecular flexibility index (Phi) is 1.75. The molecule has 0 radical (unpaired) electrons. The Balaban J connectivity index is 2.53. The van der Waals surface area contributed by atoms with Gasteiger partial charge in [0.15, 0.2) is 9.84 Å². The molecule has 0 saturated carbocycles. The Morgan fingerprint density at radius 3 is 2.22 bits per heavy atom. The van der Waals surface area contributed by atoms with Crippen molar-refractivity contribution < 1.29 is 8.42 Å². The molecule has 0 bridgehead atoms. The molecule has 3 nitrogen and oxygen atoms in total. The standard InChI is InChI=1S/C4H9NO2S2/c1-8-3-4(5-3)9(2,6)7/h3-5H,1-2H3. The first-order valence-corrected chi connectivity index (χ1v) is 5.77. The van der Waals surface area contributed by atoms with Crippen LogP contribution >= 0.6 is 11.8 Å². The molecule has 5 heteroatoms. The highest BCUT2D eigenvalue weighted by atomic mass is 32.2. The summed E-state index contributed by atoms with van der Waals surface area (Å²) in [6, 6.07) is 0. The lowest BCUT2D eigenvalue weighted by molar-refractivity contribution is 0.600. The number of thioether (sulfide) groups is 1. The fourth-order valence-electron chi connectivity index (χ4n) is 0.646. The lowest BCUT2D eigenvalue weighted by Crippen LogP contribution is -2.08. The minimum atomic E-state index is -2.82. The molecule has 0 aromatic heterocycles. The monoisotopic (exact) mass is 167 g/mol. The van der Waals surface area contributed by atoms with E-state index in [4.69, 9.17) is 0 Å². The molecule has 0 aromatic carbocycles. The van der Waals surface area contributed by atoms with Crippen LogP contribution in [0.1, 0.15) is 0 Å². The third kappa shape index (κ3) is 1.59. The van der Waals surface area contributed by atoms with E-state index in [2.05, 4.69) is 5.32 Å². The SMILES string of the molecule is CSC1NC1S(C)(=O)=O. The van der Waals surface area contributed by atoms with Gasteiger partial charge in [-0.2, -0.15) is 0 Å². The van der Waals surface area contributed by atoms with Crippen molar-refractivity contribution >= 4 is 21.6 Å². The van der Waals surface area contributed by atoms with Gasteiger partial charge in [-0.05, 0) is 6.26 Å². The van der Waals surface area contributed by atoms with Gasteiger partial charge in [0.05, 0.1) is 5.37 Å². The normalized spacial score (nSPS) is 34.4. The molecule has 54 valence electrons. The Hall–Kier alpha value is 0.260. The van der Waals surface area contributed by atoms with Crippen LogP contribution in [0.2, 0.25) is 0 Å². The van der Waals surface area contributed by atoms with E-state index in [0.29, 0.717) is 0 Å². The number of hydrogen-bond donors (Lipinski definition) is 1. The number of nitrogens with one attached hydrogen (secondary N) is 1. The van der Waals surface area contributed by atoms with E-state index in [1.807, 2.05) is 6.26 Å². The van der Waals surface area contributed by atoms with E-state index in [0.717, 1.165) is 0 Å². The van der Waals surface area contributed by atoms with E-state index in [1.54, 1.807) is 0 Å². The molecule has 2 unspecified atom stereocenters. The van der Waals surface area contributed by atoms with Crippen molar-refractivity contribution in [2.45, 2.75) is 10.7 Å². The molecule has 0 aliphatic carbocycles. The second-order valence-electron chi connectivity index (χ2n) is 2.07. The van der Waals surface area contributed by atoms with Crippen molar-refractivity contribution in [3.05, 3.63) is 0 Å². The summed E-state index contributed by atoms with van der Waals surface area (Å²) in [4.78, 5) is 0. The lowest BCUT2D eigenvalue weighted by Gasteiger charge is -1.87. The molecule has 1 aliphatic rings. The largest absolute Gasteiger partial charge is 0.285 e. The van der Waals surface area contributed by atoms with Crippen LogP contribution in [0.5, 0.6) is 0 Å². The van der Waals surface area contributed by atoms with E-state index in [9.17, 15) is 8.42 Å². The third-order valence-corrected chi connectivity index (χ3v) is 3.63. The van der Waals surface area contributed by atoms with Gasteiger partial charge in [0.25, 0.3) is 0 Å². The third-order valence-electron chi connectivity index (χ3n) is 1.21. The summed E-state index contributed by atoms with van der Waals surface area (Å²) >= 11 is 1.54. The first-order chi connectivity index (χ1) is 4.05. The average molecular weight is 167 g/mol. The molecule has 1 saturated heterocycles. The predicted octanol–water partition coefficient (Wildman–Crippen LogP) is -0.351. The van der Waals surface area contributed by atoms with Crippen LogP contribution in [0.25, 0.3) is 0 Å². The van der Waals surface area contributed by atoms with E-state index < -0.39 is 9.84 Å². The summed E-state index contributed by atoms with van der Waals surface area (Å²) in [5.74, 6) is 0. The number of rotatable bonds is 2. The molecule has 1 rings (SSSR count). The minimum absolute atomic E-state index is 0.139. The van der Waals surface area contributed by atoms with Gasteiger partial charge in [0, 0.05) is 6.26 Å². The highest BCUT2D eigenvalue weighted by molar-refractivity contribution is 8.01. The maximum Gasteiger partial charge on any atom is 0.165 e. The van der Waals surface area contributed by atoms with Crippen LogP contribution in [-0.2, 0) is 9.84 Å². The molecule has 0 amide bonds. The predicted molar refractivity (Wildman–Crippen MR) is 39.1 cm³/mol. The minimum Gasteiger partial charge on any atom is -0.285 e. The first-order valence-electron chi connectivity index (χ1n) is 2.53. The molecule has 2 atom stereocenters. The molecule has 9 heavy (non-hydrogen) atoms. The quantitative estimate of drug-likeness (QED) is 0.571. The highest BCUT2D eigenvalue weighted by Gasteiger charge is 2.43. The summed E-state index contributed by atoms with van der Waals surface area (Å²) in [6.45, 7) is 0. The molecule has 0 spiro atoms. The molecule has 0 aromatic rings. The number of sulfone groups is 1. The van der Waals surface area contributed by atoms with Crippen LogP contribution < -0.4 is 5.32 Å². The smallest absolute Gasteiger partial charge is 0.165 e. The van der Waals surface area contributed by atoms with Gasteiger partial charge in [-0.25, -0.2) is 8.42 Å². The van der Waals surface area contributed by atoms with E-state index in [1.165, 1.54) is 18.0 Å². The van der Waals surface area contributed by atoms with Gasteiger partial charge in [0.1, 0.15) is 5.37 Å². The van der Waals surface area contributed by atoms with Gasteiger partial charge in [-0.15, -0.1) is 11.8 Å². The fraction of sp³-hybridized carbons (Fsp3) is 1.00. The Morgan fingerprint density at radius 2 is 2.11 bits per heavy atom. The Labute approximate surface area is 59.1 Å². The molecular formula is C4H9NO2S2. The Morgan fingerprint density at radius 1 is 1.56 bits per heavy atom. The topological polar surface area (TPSA) is 56.1 Å². The van der Waals surface area contributed by atoms with Crippen molar-refractivity contribution in [3.8, 4) is 0 Å². The van der Waals surface area contributed by atoms with Crippen LogP contribution in [0.4, 0.5) is 0 Å². The molecule has 1 fully saturated rings. The lowest BCUT2D eigenvalue weighted by atomic mass is 11.0. The summed E-state index contributed by atoms with van der Waals surface area (Å²) in [5.41, 5.74) is 0. The zero-order valence-electron chi connectivity index (χ0n) is 5.29. The van der Waals surface area contributed by atoms with Crippen LogP contribution in [0.3, 0.4) is 0 Å². The summed E-state index contributed by atoms with van der Waals surface area (Å²) < 4.78 is 21.4. The van der Waals surface area contributed by atoms with E-state index >= 15 is 0 Å². The second kappa shape index (κ2) is 2.14. The van der Waals surface area contributed by atoms with Gasteiger partial charge >= 0.3 is 0 Å². The van der Waals surface area contributed by atoms with Crippen LogP contribution in [0, 0.1) is 0 Å². The summed E-state index contributed by atoms with van der Waals surface area (Å²) in [5, 5.41) is 2.69. The molecule has 1 heterocycles. The molecule has 1 N–H and O–H groups in total.